The molecule has 1 aromatic heterocycles. The molecule has 2 aromatic rings. The van der Waals surface area contributed by atoms with E-state index in [0.29, 0.717) is 24.1 Å². The lowest BCUT2D eigenvalue weighted by Crippen LogP contribution is -2.18. The minimum atomic E-state index is -0.175. The fourth-order valence-corrected chi connectivity index (χ4v) is 1.99. The van der Waals surface area contributed by atoms with Crippen LogP contribution in [0.25, 0.3) is 5.69 Å². The molecule has 3 N–H and O–H groups in total. The minimum absolute atomic E-state index is 0.0554. The zero-order valence-corrected chi connectivity index (χ0v) is 10.2. The number of aromatic nitrogens is 2. The summed E-state index contributed by atoms with van der Waals surface area (Å²) in [4.78, 5) is 12.2. The lowest BCUT2D eigenvalue weighted by atomic mass is 10.1. The van der Waals surface area contributed by atoms with Crippen molar-refractivity contribution in [2.24, 2.45) is 0 Å². The van der Waals surface area contributed by atoms with Crippen LogP contribution in [0.5, 0.6) is 5.75 Å². The maximum atomic E-state index is 12.2. The van der Waals surface area contributed by atoms with Crippen molar-refractivity contribution in [3.8, 4) is 11.4 Å². The molecule has 0 saturated carbocycles. The number of rotatable bonds is 4. The van der Waals surface area contributed by atoms with Crippen molar-refractivity contribution in [2.45, 2.75) is 19.8 Å². The van der Waals surface area contributed by atoms with E-state index in [2.05, 4.69) is 5.10 Å². The number of phenols is 1. The van der Waals surface area contributed by atoms with E-state index in [0.717, 1.165) is 5.69 Å². The summed E-state index contributed by atoms with van der Waals surface area (Å²) in [5.41, 5.74) is 1.83. The van der Waals surface area contributed by atoms with Gasteiger partial charge in [0.2, 0.25) is 0 Å². The molecule has 5 heteroatoms. The predicted octanol–water partition coefficient (Wildman–Crippen LogP) is 0.968. The fourth-order valence-electron chi connectivity index (χ4n) is 1.99. The van der Waals surface area contributed by atoms with Crippen molar-refractivity contribution in [1.29, 1.82) is 0 Å². The Kier molecular flexibility index (Phi) is 3.53. The Bertz CT molecular complexity index is 599. The van der Waals surface area contributed by atoms with Gasteiger partial charge in [0.1, 0.15) is 5.75 Å². The molecule has 0 bridgehead atoms. The van der Waals surface area contributed by atoms with Crippen LogP contribution in [0, 0.1) is 0 Å². The molecule has 0 spiro atoms. The summed E-state index contributed by atoms with van der Waals surface area (Å²) >= 11 is 0. The number of phenolic OH excluding ortho intramolecular Hbond substituents is 1. The number of benzene rings is 1. The number of hydrogen-bond donors (Lipinski definition) is 3. The van der Waals surface area contributed by atoms with Gasteiger partial charge >= 0.3 is 0 Å². The van der Waals surface area contributed by atoms with E-state index in [1.165, 1.54) is 10.7 Å². The Hall–Kier alpha value is -2.01. The van der Waals surface area contributed by atoms with Crippen LogP contribution in [0.3, 0.4) is 0 Å². The monoisotopic (exact) mass is 248 g/mol. The maximum Gasteiger partial charge on any atom is 0.274 e. The first kappa shape index (κ1) is 12.4. The minimum Gasteiger partial charge on any atom is -0.508 e. The van der Waals surface area contributed by atoms with Crippen LogP contribution in [0.1, 0.15) is 18.2 Å². The van der Waals surface area contributed by atoms with Crippen LogP contribution in [0.2, 0.25) is 0 Å². The number of H-pyrrole nitrogens is 1. The molecule has 1 heterocycles. The van der Waals surface area contributed by atoms with Gasteiger partial charge in [-0.1, -0.05) is 13.0 Å². The molecule has 0 amide bonds. The smallest absolute Gasteiger partial charge is 0.274 e. The summed E-state index contributed by atoms with van der Waals surface area (Å²) in [5, 5.41) is 21.4. The topological polar surface area (TPSA) is 78.2 Å². The molecular weight excluding hydrogens is 232 g/mol. The number of aryl methyl sites for hydroxylation is 1. The van der Waals surface area contributed by atoms with Gasteiger partial charge in [-0.2, -0.15) is 0 Å². The highest BCUT2D eigenvalue weighted by Crippen LogP contribution is 2.14. The van der Waals surface area contributed by atoms with E-state index < -0.39 is 0 Å². The lowest BCUT2D eigenvalue weighted by molar-refractivity contribution is 0.299. The van der Waals surface area contributed by atoms with Crippen LogP contribution in [0.15, 0.2) is 29.1 Å². The fraction of sp³-hybridized carbons (Fsp3) is 0.308. The lowest BCUT2D eigenvalue weighted by Gasteiger charge is -2.01. The first-order valence-corrected chi connectivity index (χ1v) is 5.90. The first-order chi connectivity index (χ1) is 8.67. The standard InChI is InChI=1S/C13H16N2O3/c1-2-12-11(6-7-16)13(18)15(14-12)9-4-3-5-10(17)8-9/h3-5,8,14,16-17H,2,6-7H2,1H3. The third-order valence-electron chi connectivity index (χ3n) is 2.88. The van der Waals surface area contributed by atoms with E-state index in [1.807, 2.05) is 6.92 Å². The van der Waals surface area contributed by atoms with Crippen LogP contribution in [0.4, 0.5) is 0 Å². The van der Waals surface area contributed by atoms with Gasteiger partial charge in [0.25, 0.3) is 5.56 Å². The van der Waals surface area contributed by atoms with Crippen molar-refractivity contribution < 1.29 is 10.2 Å². The van der Waals surface area contributed by atoms with E-state index >= 15 is 0 Å². The molecule has 5 nitrogen and oxygen atoms in total. The highest BCUT2D eigenvalue weighted by Gasteiger charge is 2.13. The van der Waals surface area contributed by atoms with Crippen molar-refractivity contribution in [3.05, 3.63) is 45.9 Å². The zero-order chi connectivity index (χ0) is 13.1. The summed E-state index contributed by atoms with van der Waals surface area (Å²) < 4.78 is 1.39. The van der Waals surface area contributed by atoms with Gasteiger partial charge in [-0.25, -0.2) is 4.68 Å². The van der Waals surface area contributed by atoms with Crippen LogP contribution < -0.4 is 5.56 Å². The first-order valence-electron chi connectivity index (χ1n) is 5.90. The molecule has 0 aliphatic rings. The van der Waals surface area contributed by atoms with E-state index in [-0.39, 0.29) is 17.9 Å². The Balaban J connectivity index is 2.55. The Morgan fingerprint density at radius 1 is 1.39 bits per heavy atom. The number of hydrogen-bond acceptors (Lipinski definition) is 3. The summed E-state index contributed by atoms with van der Waals surface area (Å²) in [5.74, 6) is 0.107. The van der Waals surface area contributed by atoms with Crippen molar-refractivity contribution in [1.82, 2.24) is 9.78 Å². The predicted molar refractivity (Wildman–Crippen MR) is 68.2 cm³/mol. The van der Waals surface area contributed by atoms with Crippen molar-refractivity contribution >= 4 is 0 Å². The zero-order valence-electron chi connectivity index (χ0n) is 10.2. The van der Waals surface area contributed by atoms with Crippen LogP contribution in [-0.2, 0) is 12.8 Å². The Labute approximate surface area is 104 Å². The van der Waals surface area contributed by atoms with Gasteiger partial charge in [0.15, 0.2) is 0 Å². The Morgan fingerprint density at radius 3 is 2.78 bits per heavy atom. The third kappa shape index (κ3) is 2.17. The quantitative estimate of drug-likeness (QED) is 0.754. The molecule has 0 fully saturated rings. The number of nitrogens with one attached hydrogen (secondary N) is 1. The molecule has 2 rings (SSSR count). The third-order valence-corrected chi connectivity index (χ3v) is 2.88. The molecule has 18 heavy (non-hydrogen) atoms. The number of aromatic amines is 1. The van der Waals surface area contributed by atoms with Gasteiger partial charge < -0.3 is 10.2 Å². The summed E-state index contributed by atoms with van der Waals surface area (Å²) in [6, 6.07) is 6.47. The molecule has 0 aliphatic heterocycles. The number of aliphatic hydroxyl groups is 1. The van der Waals surface area contributed by atoms with Gasteiger partial charge in [-0.05, 0) is 18.6 Å². The van der Waals surface area contributed by atoms with Gasteiger partial charge in [0, 0.05) is 30.4 Å². The SMILES string of the molecule is CCc1[nH]n(-c2cccc(O)c2)c(=O)c1CCO. The van der Waals surface area contributed by atoms with E-state index in [1.54, 1.807) is 18.2 Å². The Morgan fingerprint density at radius 2 is 2.17 bits per heavy atom. The largest absolute Gasteiger partial charge is 0.508 e. The van der Waals surface area contributed by atoms with E-state index in [9.17, 15) is 9.90 Å². The number of aliphatic hydroxyl groups excluding tert-OH is 1. The number of nitrogens with zero attached hydrogens (tertiary/aromatic N) is 1. The maximum absolute atomic E-state index is 12.2. The van der Waals surface area contributed by atoms with Gasteiger partial charge in [0.05, 0.1) is 5.69 Å². The molecule has 96 valence electrons. The normalized spacial score (nSPS) is 10.8. The average Bonchev–Trinajstić information content (AvgIpc) is 2.67. The van der Waals surface area contributed by atoms with Gasteiger partial charge in [-0.3, -0.25) is 9.89 Å². The highest BCUT2D eigenvalue weighted by atomic mass is 16.3. The molecule has 0 unspecified atom stereocenters. The van der Waals surface area contributed by atoms with Crippen LogP contribution >= 0.6 is 0 Å². The van der Waals surface area contributed by atoms with Crippen LogP contribution in [-0.4, -0.2) is 26.6 Å². The molecule has 0 atom stereocenters. The molecule has 1 aromatic carbocycles. The molecule has 0 aliphatic carbocycles. The second kappa shape index (κ2) is 5.10. The van der Waals surface area contributed by atoms with Gasteiger partial charge in [-0.15, -0.1) is 0 Å². The van der Waals surface area contributed by atoms with E-state index in [4.69, 9.17) is 5.11 Å². The average molecular weight is 248 g/mol. The summed E-state index contributed by atoms with van der Waals surface area (Å²) in [6.07, 6.45) is 1.03. The second-order valence-corrected chi connectivity index (χ2v) is 4.06. The second-order valence-electron chi connectivity index (χ2n) is 4.06. The molecule has 0 saturated heterocycles. The number of aromatic hydroxyl groups is 1. The highest BCUT2D eigenvalue weighted by molar-refractivity contribution is 5.39. The molecular formula is C13H16N2O3. The van der Waals surface area contributed by atoms with Crippen molar-refractivity contribution in [2.75, 3.05) is 6.61 Å². The summed E-state index contributed by atoms with van der Waals surface area (Å²) in [7, 11) is 0. The summed E-state index contributed by atoms with van der Waals surface area (Å²) in [6.45, 7) is 1.89. The molecule has 0 radical (unpaired) electrons. The van der Waals surface area contributed by atoms with Crippen molar-refractivity contribution in [3.63, 3.8) is 0 Å².